The van der Waals surface area contributed by atoms with E-state index in [-0.39, 0.29) is 17.9 Å². The molecule has 92 valence electrons. The van der Waals surface area contributed by atoms with Crippen LogP contribution in [0.5, 0.6) is 0 Å². The third-order valence-electron chi connectivity index (χ3n) is 3.32. The van der Waals surface area contributed by atoms with Crippen LogP contribution in [0.25, 0.3) is 0 Å². The molecular formula is C13H17NO2S. The standard InChI is InChI=1S/C13H17NO2S/c1-9-5-13(17-8-9)12-6-11(7-15)3-4-14(12)10(2)16/h5,7-8,11-12H,3-4,6H2,1-2H3. The van der Waals surface area contributed by atoms with E-state index in [1.54, 1.807) is 18.3 Å². The highest BCUT2D eigenvalue weighted by Crippen LogP contribution is 2.36. The molecular weight excluding hydrogens is 234 g/mol. The maximum Gasteiger partial charge on any atom is 0.219 e. The van der Waals surface area contributed by atoms with Crippen molar-refractivity contribution in [2.45, 2.75) is 32.7 Å². The highest BCUT2D eigenvalue weighted by Gasteiger charge is 2.31. The first-order valence-electron chi connectivity index (χ1n) is 5.89. The quantitative estimate of drug-likeness (QED) is 0.758. The third-order valence-corrected chi connectivity index (χ3v) is 4.47. The average Bonchev–Trinajstić information content (AvgIpc) is 2.75. The predicted molar refractivity (Wildman–Crippen MR) is 68.0 cm³/mol. The number of carbonyl (C=O) groups excluding carboxylic acids is 2. The molecule has 2 rings (SSSR count). The zero-order valence-corrected chi connectivity index (χ0v) is 11.0. The van der Waals surface area contributed by atoms with Gasteiger partial charge in [0.05, 0.1) is 6.04 Å². The molecule has 17 heavy (non-hydrogen) atoms. The molecule has 0 saturated carbocycles. The fourth-order valence-corrected chi connectivity index (χ4v) is 3.42. The fourth-order valence-electron chi connectivity index (χ4n) is 2.39. The lowest BCUT2D eigenvalue weighted by atomic mass is 9.91. The Balaban J connectivity index is 2.24. The minimum atomic E-state index is 0.0927. The Hall–Kier alpha value is -1.16. The van der Waals surface area contributed by atoms with Gasteiger partial charge in [0.1, 0.15) is 6.29 Å². The number of thiophene rings is 1. The highest BCUT2D eigenvalue weighted by molar-refractivity contribution is 7.10. The van der Waals surface area contributed by atoms with Crippen LogP contribution in [0.3, 0.4) is 0 Å². The Labute approximate surface area is 105 Å². The van der Waals surface area contributed by atoms with Crippen LogP contribution in [0.15, 0.2) is 11.4 Å². The van der Waals surface area contributed by atoms with Crippen molar-refractivity contribution in [3.05, 3.63) is 21.9 Å². The predicted octanol–water partition coefficient (Wildman–Crippen LogP) is 2.56. The van der Waals surface area contributed by atoms with Crippen molar-refractivity contribution in [1.82, 2.24) is 4.90 Å². The summed E-state index contributed by atoms with van der Waals surface area (Å²) in [5.74, 6) is 0.198. The second kappa shape index (κ2) is 5.00. The molecule has 0 N–H and O–H groups in total. The number of piperidine rings is 1. The molecule has 1 aromatic heterocycles. The maximum atomic E-state index is 11.6. The van der Waals surface area contributed by atoms with Gasteiger partial charge in [-0.3, -0.25) is 4.79 Å². The summed E-state index contributed by atoms with van der Waals surface area (Å²) in [7, 11) is 0. The molecule has 1 aliphatic heterocycles. The van der Waals surface area contributed by atoms with Crippen molar-refractivity contribution in [3.8, 4) is 0 Å². The normalized spacial score (nSPS) is 24.7. The van der Waals surface area contributed by atoms with E-state index in [0.29, 0.717) is 6.54 Å². The fraction of sp³-hybridized carbons (Fsp3) is 0.538. The van der Waals surface area contributed by atoms with E-state index in [1.165, 1.54) is 10.4 Å². The van der Waals surface area contributed by atoms with Gasteiger partial charge in [0.25, 0.3) is 0 Å². The minimum absolute atomic E-state index is 0.0927. The van der Waals surface area contributed by atoms with Gasteiger partial charge >= 0.3 is 0 Å². The first kappa shape index (κ1) is 12.3. The van der Waals surface area contributed by atoms with Gasteiger partial charge in [0.2, 0.25) is 5.91 Å². The van der Waals surface area contributed by atoms with Gasteiger partial charge in [-0.25, -0.2) is 0 Å². The average molecular weight is 251 g/mol. The number of aryl methyl sites for hydroxylation is 1. The van der Waals surface area contributed by atoms with Crippen molar-refractivity contribution >= 4 is 23.5 Å². The monoisotopic (exact) mass is 251 g/mol. The van der Waals surface area contributed by atoms with Gasteiger partial charge in [-0.15, -0.1) is 11.3 Å². The molecule has 2 atom stereocenters. The van der Waals surface area contributed by atoms with Crippen LogP contribution in [0.2, 0.25) is 0 Å². The number of carbonyl (C=O) groups is 2. The van der Waals surface area contributed by atoms with E-state index in [9.17, 15) is 9.59 Å². The van der Waals surface area contributed by atoms with Crippen molar-refractivity contribution in [1.29, 1.82) is 0 Å². The van der Waals surface area contributed by atoms with Gasteiger partial charge in [-0.2, -0.15) is 0 Å². The van der Waals surface area contributed by atoms with Crippen LogP contribution in [0.4, 0.5) is 0 Å². The lowest BCUT2D eigenvalue weighted by molar-refractivity contribution is -0.134. The first-order valence-corrected chi connectivity index (χ1v) is 6.77. The molecule has 1 aliphatic rings. The molecule has 1 fully saturated rings. The second-order valence-electron chi connectivity index (χ2n) is 4.68. The van der Waals surface area contributed by atoms with Gasteiger partial charge in [-0.05, 0) is 36.8 Å². The summed E-state index contributed by atoms with van der Waals surface area (Å²) in [6.45, 7) is 4.35. The molecule has 1 aromatic rings. The van der Waals surface area contributed by atoms with Gasteiger partial charge in [0, 0.05) is 24.3 Å². The van der Waals surface area contributed by atoms with Crippen LogP contribution < -0.4 is 0 Å². The molecule has 0 aliphatic carbocycles. The Morgan fingerprint density at radius 2 is 2.35 bits per heavy atom. The van der Waals surface area contributed by atoms with Gasteiger partial charge in [0.15, 0.2) is 0 Å². The molecule has 3 nitrogen and oxygen atoms in total. The summed E-state index contributed by atoms with van der Waals surface area (Å²) in [6, 6.07) is 2.22. The van der Waals surface area contributed by atoms with E-state index in [4.69, 9.17) is 0 Å². The van der Waals surface area contributed by atoms with E-state index < -0.39 is 0 Å². The van der Waals surface area contributed by atoms with Crippen molar-refractivity contribution in [2.75, 3.05) is 6.54 Å². The van der Waals surface area contributed by atoms with E-state index in [0.717, 1.165) is 19.1 Å². The summed E-state index contributed by atoms with van der Waals surface area (Å²) in [5, 5.41) is 2.10. The summed E-state index contributed by atoms with van der Waals surface area (Å²) in [6.07, 6.45) is 2.60. The Bertz CT molecular complexity index is 427. The smallest absolute Gasteiger partial charge is 0.219 e. The zero-order chi connectivity index (χ0) is 12.4. The molecule has 0 radical (unpaired) electrons. The van der Waals surface area contributed by atoms with E-state index in [2.05, 4.69) is 18.4 Å². The molecule has 2 unspecified atom stereocenters. The number of amides is 1. The highest BCUT2D eigenvalue weighted by atomic mass is 32.1. The Morgan fingerprint density at radius 3 is 2.88 bits per heavy atom. The second-order valence-corrected chi connectivity index (χ2v) is 5.62. The number of aldehydes is 1. The van der Waals surface area contributed by atoms with Crippen LogP contribution in [-0.4, -0.2) is 23.6 Å². The largest absolute Gasteiger partial charge is 0.335 e. The van der Waals surface area contributed by atoms with E-state index >= 15 is 0 Å². The molecule has 0 bridgehead atoms. The van der Waals surface area contributed by atoms with Gasteiger partial charge < -0.3 is 9.69 Å². The number of hydrogen-bond acceptors (Lipinski definition) is 3. The zero-order valence-electron chi connectivity index (χ0n) is 10.2. The molecule has 1 saturated heterocycles. The number of hydrogen-bond donors (Lipinski definition) is 0. The summed E-state index contributed by atoms with van der Waals surface area (Å²) in [4.78, 5) is 25.6. The van der Waals surface area contributed by atoms with Crippen LogP contribution >= 0.6 is 11.3 Å². The molecule has 4 heteroatoms. The topological polar surface area (TPSA) is 37.4 Å². The third kappa shape index (κ3) is 2.57. The summed E-state index contributed by atoms with van der Waals surface area (Å²) >= 11 is 1.68. The van der Waals surface area contributed by atoms with Crippen LogP contribution in [0, 0.1) is 12.8 Å². The van der Waals surface area contributed by atoms with Crippen molar-refractivity contribution < 1.29 is 9.59 Å². The SMILES string of the molecule is CC(=O)N1CCC(C=O)CC1c1cc(C)cs1. The first-order chi connectivity index (χ1) is 8.11. The van der Waals surface area contributed by atoms with Gasteiger partial charge in [-0.1, -0.05) is 0 Å². The summed E-state index contributed by atoms with van der Waals surface area (Å²) < 4.78 is 0. The van der Waals surface area contributed by atoms with Crippen LogP contribution in [0.1, 0.15) is 36.2 Å². The van der Waals surface area contributed by atoms with Crippen molar-refractivity contribution in [3.63, 3.8) is 0 Å². The van der Waals surface area contributed by atoms with Crippen molar-refractivity contribution in [2.24, 2.45) is 5.92 Å². The van der Waals surface area contributed by atoms with E-state index in [1.807, 2.05) is 4.90 Å². The van der Waals surface area contributed by atoms with Crippen LogP contribution in [-0.2, 0) is 9.59 Å². The lowest BCUT2D eigenvalue weighted by Crippen LogP contribution is -2.39. The minimum Gasteiger partial charge on any atom is -0.335 e. The summed E-state index contributed by atoms with van der Waals surface area (Å²) in [5.41, 5.74) is 1.22. The molecule has 0 aromatic carbocycles. The molecule has 0 spiro atoms. The lowest BCUT2D eigenvalue weighted by Gasteiger charge is -2.37. The number of rotatable bonds is 2. The Kier molecular flexibility index (Phi) is 3.62. The Morgan fingerprint density at radius 1 is 1.59 bits per heavy atom. The number of likely N-dealkylation sites (tertiary alicyclic amines) is 1. The molecule has 2 heterocycles. The number of nitrogens with zero attached hydrogens (tertiary/aromatic N) is 1. The molecule has 1 amide bonds. The maximum absolute atomic E-state index is 11.6.